The van der Waals surface area contributed by atoms with E-state index in [9.17, 15) is 4.39 Å². The molecule has 3 N–H and O–H groups in total. The summed E-state index contributed by atoms with van der Waals surface area (Å²) in [4.78, 5) is 6.66. The van der Waals surface area contributed by atoms with Gasteiger partial charge in [-0.25, -0.2) is 4.39 Å². The van der Waals surface area contributed by atoms with Crippen LogP contribution >= 0.6 is 0 Å². The van der Waals surface area contributed by atoms with E-state index in [0.717, 1.165) is 25.1 Å². The van der Waals surface area contributed by atoms with Crippen molar-refractivity contribution in [2.45, 2.75) is 12.8 Å². The van der Waals surface area contributed by atoms with Gasteiger partial charge in [-0.1, -0.05) is 0 Å². The highest BCUT2D eigenvalue weighted by Crippen LogP contribution is 2.22. The Morgan fingerprint density at radius 2 is 2.15 bits per heavy atom. The molecule has 106 valence electrons. The summed E-state index contributed by atoms with van der Waals surface area (Å²) in [7, 11) is 0. The lowest BCUT2D eigenvalue weighted by Gasteiger charge is -2.31. The summed E-state index contributed by atoms with van der Waals surface area (Å²) in [6.45, 7) is 2.56. The molecule has 0 bridgehead atoms. The molecule has 1 aliphatic heterocycles. The van der Waals surface area contributed by atoms with Crippen molar-refractivity contribution in [1.29, 1.82) is 0 Å². The van der Waals surface area contributed by atoms with Crippen molar-refractivity contribution in [1.82, 2.24) is 15.2 Å². The molecule has 1 fully saturated rings. The van der Waals surface area contributed by atoms with E-state index in [4.69, 9.17) is 5.73 Å². The van der Waals surface area contributed by atoms with Gasteiger partial charge in [-0.3, -0.25) is 5.10 Å². The fraction of sp³-hybridized carbons (Fsp3) is 0.429. The Kier molecular flexibility index (Phi) is 3.64. The molecule has 0 amide bonds. The third-order valence-corrected chi connectivity index (χ3v) is 3.73. The Hall–Kier alpha value is -1.95. The van der Waals surface area contributed by atoms with Crippen LogP contribution in [-0.2, 0) is 0 Å². The van der Waals surface area contributed by atoms with E-state index in [-0.39, 0.29) is 5.82 Å². The number of anilines is 1. The fourth-order valence-electron chi connectivity index (χ4n) is 2.57. The average molecular weight is 275 g/mol. The van der Waals surface area contributed by atoms with Crippen LogP contribution in [0.5, 0.6) is 0 Å². The summed E-state index contributed by atoms with van der Waals surface area (Å²) in [5.74, 6) is 1.61. The number of piperidine rings is 1. The minimum absolute atomic E-state index is 0.254. The second-order valence-electron chi connectivity index (χ2n) is 5.18. The van der Waals surface area contributed by atoms with Crippen molar-refractivity contribution >= 4 is 5.95 Å². The van der Waals surface area contributed by atoms with Crippen molar-refractivity contribution in [3.8, 4) is 11.4 Å². The van der Waals surface area contributed by atoms with Crippen LogP contribution in [0.4, 0.5) is 10.3 Å². The molecule has 5 nitrogen and oxygen atoms in total. The predicted octanol–water partition coefficient (Wildman–Crippen LogP) is 1.79. The van der Waals surface area contributed by atoms with Crippen LogP contribution in [0.25, 0.3) is 11.4 Å². The molecular formula is C14H18FN5. The van der Waals surface area contributed by atoms with Crippen LogP contribution in [0.15, 0.2) is 24.3 Å². The Morgan fingerprint density at radius 3 is 2.90 bits per heavy atom. The van der Waals surface area contributed by atoms with Gasteiger partial charge < -0.3 is 10.6 Å². The van der Waals surface area contributed by atoms with Crippen LogP contribution in [-0.4, -0.2) is 34.8 Å². The topological polar surface area (TPSA) is 70.8 Å². The number of H-pyrrole nitrogens is 1. The molecule has 20 heavy (non-hydrogen) atoms. The molecule has 1 aromatic carbocycles. The van der Waals surface area contributed by atoms with E-state index < -0.39 is 0 Å². The highest BCUT2D eigenvalue weighted by molar-refractivity contribution is 5.56. The lowest BCUT2D eigenvalue weighted by atomic mass is 9.99. The lowest BCUT2D eigenvalue weighted by Crippen LogP contribution is -2.38. The quantitative estimate of drug-likeness (QED) is 0.896. The smallest absolute Gasteiger partial charge is 0.245 e. The van der Waals surface area contributed by atoms with E-state index in [1.165, 1.54) is 18.6 Å². The van der Waals surface area contributed by atoms with Crippen LogP contribution in [0.1, 0.15) is 12.8 Å². The van der Waals surface area contributed by atoms with Crippen molar-refractivity contribution in [3.05, 3.63) is 30.1 Å². The molecular weight excluding hydrogens is 257 g/mol. The molecule has 1 aromatic heterocycles. The molecule has 1 unspecified atom stereocenters. The summed E-state index contributed by atoms with van der Waals surface area (Å²) in [5.41, 5.74) is 6.57. The fourth-order valence-corrected chi connectivity index (χ4v) is 2.57. The number of rotatable bonds is 3. The molecule has 0 spiro atoms. The van der Waals surface area contributed by atoms with Crippen LogP contribution in [0.3, 0.4) is 0 Å². The third kappa shape index (κ3) is 2.65. The number of nitrogens with zero attached hydrogens (tertiary/aromatic N) is 3. The normalized spacial score (nSPS) is 19.3. The van der Waals surface area contributed by atoms with Gasteiger partial charge in [0.1, 0.15) is 5.82 Å². The van der Waals surface area contributed by atoms with Gasteiger partial charge in [-0.15, -0.1) is 5.10 Å². The number of halogens is 1. The Morgan fingerprint density at radius 1 is 1.35 bits per heavy atom. The summed E-state index contributed by atoms with van der Waals surface area (Å²) in [6, 6.07) is 6.22. The maximum Gasteiger partial charge on any atom is 0.245 e. The van der Waals surface area contributed by atoms with Gasteiger partial charge in [0.2, 0.25) is 5.95 Å². The summed E-state index contributed by atoms with van der Waals surface area (Å²) < 4.78 is 12.9. The van der Waals surface area contributed by atoms with Crippen LogP contribution in [0.2, 0.25) is 0 Å². The summed E-state index contributed by atoms with van der Waals surface area (Å²) in [6.07, 6.45) is 2.28. The Balaban J connectivity index is 1.78. The molecule has 6 heteroatoms. The van der Waals surface area contributed by atoms with Gasteiger partial charge >= 0.3 is 0 Å². The molecule has 2 aromatic rings. The predicted molar refractivity (Wildman–Crippen MR) is 75.8 cm³/mol. The minimum Gasteiger partial charge on any atom is -0.339 e. The zero-order valence-corrected chi connectivity index (χ0v) is 11.2. The van der Waals surface area contributed by atoms with Crippen molar-refractivity contribution in [2.75, 3.05) is 24.5 Å². The van der Waals surface area contributed by atoms with Crippen molar-refractivity contribution < 1.29 is 4.39 Å². The van der Waals surface area contributed by atoms with Crippen LogP contribution in [0, 0.1) is 11.7 Å². The first-order valence-electron chi connectivity index (χ1n) is 6.89. The monoisotopic (exact) mass is 275 g/mol. The summed E-state index contributed by atoms with van der Waals surface area (Å²) >= 11 is 0. The number of nitrogens with one attached hydrogen (secondary N) is 1. The van der Waals surface area contributed by atoms with Gasteiger partial charge in [-0.2, -0.15) is 4.98 Å². The molecule has 3 rings (SSSR count). The second-order valence-corrected chi connectivity index (χ2v) is 5.18. The number of hydrogen-bond acceptors (Lipinski definition) is 4. The SMILES string of the molecule is NCC1CCCN(c2n[nH]c(-c3ccc(F)cc3)n2)C1. The highest BCUT2D eigenvalue weighted by atomic mass is 19.1. The third-order valence-electron chi connectivity index (χ3n) is 3.73. The maximum absolute atomic E-state index is 12.9. The Labute approximate surface area is 117 Å². The number of nitrogens with two attached hydrogens (primary N) is 1. The van der Waals surface area contributed by atoms with E-state index in [2.05, 4.69) is 20.1 Å². The zero-order valence-electron chi connectivity index (χ0n) is 11.2. The highest BCUT2D eigenvalue weighted by Gasteiger charge is 2.21. The van der Waals surface area contributed by atoms with Gasteiger partial charge in [0.05, 0.1) is 0 Å². The first kappa shape index (κ1) is 13.1. The molecule has 2 heterocycles. The zero-order chi connectivity index (χ0) is 13.9. The second kappa shape index (κ2) is 5.58. The largest absolute Gasteiger partial charge is 0.339 e. The van der Waals surface area contributed by atoms with Gasteiger partial charge in [-0.05, 0) is 49.6 Å². The Bertz CT molecular complexity index is 565. The number of benzene rings is 1. The van der Waals surface area contributed by atoms with Gasteiger partial charge in [0, 0.05) is 18.7 Å². The van der Waals surface area contributed by atoms with E-state index in [1.807, 2.05) is 0 Å². The standard InChI is InChI=1S/C14H18FN5/c15-12-5-3-11(4-6-12)13-17-14(19-18-13)20-7-1-2-10(8-16)9-20/h3-6,10H,1-2,7-9,16H2,(H,17,18,19). The molecule has 0 saturated carbocycles. The number of aromatic amines is 1. The molecule has 0 aliphatic carbocycles. The molecule has 1 aliphatic rings. The molecule has 1 saturated heterocycles. The van der Waals surface area contributed by atoms with E-state index in [0.29, 0.717) is 24.2 Å². The first-order chi connectivity index (χ1) is 9.76. The summed E-state index contributed by atoms with van der Waals surface area (Å²) in [5, 5.41) is 7.18. The first-order valence-corrected chi connectivity index (χ1v) is 6.89. The van der Waals surface area contributed by atoms with E-state index in [1.54, 1.807) is 12.1 Å². The van der Waals surface area contributed by atoms with Crippen LogP contribution < -0.4 is 10.6 Å². The maximum atomic E-state index is 12.9. The lowest BCUT2D eigenvalue weighted by molar-refractivity contribution is 0.420. The molecule has 0 radical (unpaired) electrons. The minimum atomic E-state index is -0.254. The molecule has 1 atom stereocenters. The number of hydrogen-bond donors (Lipinski definition) is 2. The van der Waals surface area contributed by atoms with Gasteiger partial charge in [0.15, 0.2) is 5.82 Å². The van der Waals surface area contributed by atoms with Crippen molar-refractivity contribution in [2.24, 2.45) is 11.7 Å². The van der Waals surface area contributed by atoms with Crippen molar-refractivity contribution in [3.63, 3.8) is 0 Å². The van der Waals surface area contributed by atoms with E-state index >= 15 is 0 Å². The van der Waals surface area contributed by atoms with Gasteiger partial charge in [0.25, 0.3) is 0 Å². The average Bonchev–Trinajstić information content (AvgIpc) is 2.98. The number of aromatic nitrogens is 3.